The normalized spacial score (nSPS) is 13.3. The summed E-state index contributed by atoms with van der Waals surface area (Å²) in [6.45, 7) is 13.6. The quantitative estimate of drug-likeness (QED) is 0.497. The Balaban J connectivity index is 2.59. The predicted octanol–water partition coefficient (Wildman–Crippen LogP) is 6.73. The second-order valence-corrected chi connectivity index (χ2v) is 7.10. The molecule has 0 aliphatic heterocycles. The molecule has 0 fully saturated rings. The summed E-state index contributed by atoms with van der Waals surface area (Å²) in [7, 11) is 0. The number of benzene rings is 1. The molecule has 0 amide bonds. The van der Waals surface area contributed by atoms with Crippen molar-refractivity contribution in [3.63, 3.8) is 0 Å². The molecule has 1 aromatic rings. The molecular weight excluding hydrogens is 252 g/mol. The Morgan fingerprint density at radius 2 is 1.62 bits per heavy atom. The molecule has 118 valence electrons. The van der Waals surface area contributed by atoms with E-state index in [0.29, 0.717) is 0 Å². The molecule has 21 heavy (non-hydrogen) atoms. The fourth-order valence-corrected chi connectivity index (χ4v) is 2.87. The highest BCUT2D eigenvalue weighted by atomic mass is 14.1. The predicted molar refractivity (Wildman–Crippen MR) is 96.8 cm³/mol. The number of allylic oxidation sites excluding steroid dienone is 1. The highest BCUT2D eigenvalue weighted by Crippen LogP contribution is 2.22. The molecule has 0 nitrogen and oxygen atoms in total. The van der Waals surface area contributed by atoms with Gasteiger partial charge in [-0.05, 0) is 67.7 Å². The third-order valence-electron chi connectivity index (χ3n) is 4.49. The average Bonchev–Trinajstić information content (AvgIpc) is 2.41. The van der Waals surface area contributed by atoms with Crippen LogP contribution in [-0.2, 0) is 6.42 Å². The molecule has 0 heteroatoms. The summed E-state index contributed by atoms with van der Waals surface area (Å²) in [6, 6.07) is 4.74. The zero-order valence-electron chi connectivity index (χ0n) is 15.0. The molecule has 1 atom stereocenters. The third-order valence-corrected chi connectivity index (χ3v) is 4.49. The summed E-state index contributed by atoms with van der Waals surface area (Å²) in [6.07, 6.45) is 11.1. The number of hydrogen-bond donors (Lipinski definition) is 0. The van der Waals surface area contributed by atoms with Gasteiger partial charge in [-0.1, -0.05) is 64.3 Å². The van der Waals surface area contributed by atoms with E-state index in [9.17, 15) is 0 Å². The highest BCUT2D eigenvalue weighted by Gasteiger charge is 2.07. The van der Waals surface area contributed by atoms with Gasteiger partial charge in [0.25, 0.3) is 0 Å². The van der Waals surface area contributed by atoms with Crippen molar-refractivity contribution in [1.29, 1.82) is 0 Å². The maximum atomic E-state index is 2.41. The van der Waals surface area contributed by atoms with Crippen LogP contribution in [0.4, 0.5) is 0 Å². The zero-order chi connectivity index (χ0) is 15.8. The van der Waals surface area contributed by atoms with E-state index in [4.69, 9.17) is 0 Å². The van der Waals surface area contributed by atoms with Gasteiger partial charge in [0.1, 0.15) is 0 Å². The minimum atomic E-state index is 0.837. The van der Waals surface area contributed by atoms with E-state index in [-0.39, 0.29) is 0 Å². The van der Waals surface area contributed by atoms with Crippen molar-refractivity contribution in [2.45, 2.75) is 73.6 Å². The summed E-state index contributed by atoms with van der Waals surface area (Å²) in [5, 5.41) is 0. The Morgan fingerprint density at radius 3 is 2.24 bits per heavy atom. The Kier molecular flexibility index (Phi) is 7.78. The van der Waals surface area contributed by atoms with Gasteiger partial charge in [0.15, 0.2) is 0 Å². The Labute approximate surface area is 132 Å². The first kappa shape index (κ1) is 18.0. The van der Waals surface area contributed by atoms with Crippen molar-refractivity contribution in [3.05, 3.63) is 40.5 Å². The second-order valence-electron chi connectivity index (χ2n) is 7.10. The molecule has 0 heterocycles. The van der Waals surface area contributed by atoms with Crippen LogP contribution in [0.1, 0.15) is 75.6 Å². The van der Waals surface area contributed by atoms with Crippen LogP contribution in [0.5, 0.6) is 0 Å². The number of aryl methyl sites for hydroxylation is 3. The van der Waals surface area contributed by atoms with Gasteiger partial charge in [-0.25, -0.2) is 0 Å². The number of rotatable bonds is 8. The molecule has 1 rings (SSSR count). The second kappa shape index (κ2) is 9.07. The first-order valence-electron chi connectivity index (χ1n) is 8.66. The third kappa shape index (κ3) is 6.50. The Bertz CT molecular complexity index is 451. The summed E-state index contributed by atoms with van der Waals surface area (Å²) in [4.78, 5) is 0. The van der Waals surface area contributed by atoms with Crippen molar-refractivity contribution >= 4 is 6.08 Å². The standard InChI is InChI=1S/C21H34/c1-7-9-20-14-18(5)19(6)15-21(20)13-12-17(4)11-8-10-16(2)3/h7,9,14-17H,8,10-13H2,1-6H3. The van der Waals surface area contributed by atoms with Crippen LogP contribution in [0.15, 0.2) is 18.2 Å². The van der Waals surface area contributed by atoms with Crippen LogP contribution >= 0.6 is 0 Å². The van der Waals surface area contributed by atoms with Gasteiger partial charge in [0.2, 0.25) is 0 Å². The van der Waals surface area contributed by atoms with Gasteiger partial charge >= 0.3 is 0 Å². The van der Waals surface area contributed by atoms with Gasteiger partial charge in [-0.2, -0.15) is 0 Å². The molecule has 0 bridgehead atoms. The van der Waals surface area contributed by atoms with Gasteiger partial charge in [0, 0.05) is 0 Å². The van der Waals surface area contributed by atoms with Crippen molar-refractivity contribution in [1.82, 2.24) is 0 Å². The monoisotopic (exact) mass is 286 g/mol. The highest BCUT2D eigenvalue weighted by molar-refractivity contribution is 5.56. The Hall–Kier alpha value is -1.04. The summed E-state index contributed by atoms with van der Waals surface area (Å²) < 4.78 is 0. The van der Waals surface area contributed by atoms with Crippen LogP contribution in [0.25, 0.3) is 6.08 Å². The first-order chi connectivity index (χ1) is 9.93. The van der Waals surface area contributed by atoms with Crippen LogP contribution in [0.3, 0.4) is 0 Å². The van der Waals surface area contributed by atoms with E-state index in [1.54, 1.807) is 0 Å². The first-order valence-corrected chi connectivity index (χ1v) is 8.66. The zero-order valence-corrected chi connectivity index (χ0v) is 15.0. The average molecular weight is 287 g/mol. The number of hydrogen-bond acceptors (Lipinski definition) is 0. The summed E-state index contributed by atoms with van der Waals surface area (Å²) >= 11 is 0. The van der Waals surface area contributed by atoms with E-state index in [1.165, 1.54) is 54.4 Å². The Morgan fingerprint density at radius 1 is 0.952 bits per heavy atom. The molecule has 0 N–H and O–H groups in total. The van der Waals surface area contributed by atoms with E-state index in [1.807, 2.05) is 0 Å². The molecule has 0 radical (unpaired) electrons. The minimum absolute atomic E-state index is 0.837. The molecule has 0 saturated carbocycles. The lowest BCUT2D eigenvalue weighted by Gasteiger charge is -2.15. The molecule has 0 saturated heterocycles. The maximum Gasteiger partial charge on any atom is -0.0225 e. The van der Waals surface area contributed by atoms with E-state index >= 15 is 0 Å². The van der Waals surface area contributed by atoms with Crippen molar-refractivity contribution in [3.8, 4) is 0 Å². The van der Waals surface area contributed by atoms with Gasteiger partial charge < -0.3 is 0 Å². The van der Waals surface area contributed by atoms with Crippen LogP contribution in [0, 0.1) is 25.7 Å². The molecular formula is C21H34. The minimum Gasteiger partial charge on any atom is -0.0871 e. The SMILES string of the molecule is CC=Cc1cc(C)c(C)cc1CCC(C)CCCC(C)C. The molecule has 0 spiro atoms. The molecule has 1 aromatic carbocycles. The van der Waals surface area contributed by atoms with Crippen LogP contribution < -0.4 is 0 Å². The fourth-order valence-electron chi connectivity index (χ4n) is 2.87. The van der Waals surface area contributed by atoms with E-state index in [0.717, 1.165) is 11.8 Å². The van der Waals surface area contributed by atoms with Gasteiger partial charge in [0.05, 0.1) is 0 Å². The van der Waals surface area contributed by atoms with Crippen LogP contribution in [-0.4, -0.2) is 0 Å². The largest absolute Gasteiger partial charge is 0.0871 e. The fraction of sp³-hybridized carbons (Fsp3) is 0.619. The molecule has 0 aliphatic rings. The lowest BCUT2D eigenvalue weighted by atomic mass is 9.91. The van der Waals surface area contributed by atoms with E-state index in [2.05, 4.69) is 65.8 Å². The molecule has 0 aliphatic carbocycles. The lowest BCUT2D eigenvalue weighted by Crippen LogP contribution is -2.01. The van der Waals surface area contributed by atoms with Crippen LogP contribution in [0.2, 0.25) is 0 Å². The molecule has 0 aromatic heterocycles. The van der Waals surface area contributed by atoms with Crippen molar-refractivity contribution in [2.24, 2.45) is 11.8 Å². The van der Waals surface area contributed by atoms with Gasteiger partial charge in [-0.3, -0.25) is 0 Å². The van der Waals surface area contributed by atoms with Crippen molar-refractivity contribution < 1.29 is 0 Å². The van der Waals surface area contributed by atoms with Gasteiger partial charge in [-0.15, -0.1) is 0 Å². The topological polar surface area (TPSA) is 0 Å². The molecule has 1 unspecified atom stereocenters. The maximum absolute atomic E-state index is 2.41. The summed E-state index contributed by atoms with van der Waals surface area (Å²) in [5.41, 5.74) is 5.75. The van der Waals surface area contributed by atoms with Crippen molar-refractivity contribution in [2.75, 3.05) is 0 Å². The van der Waals surface area contributed by atoms with E-state index < -0.39 is 0 Å². The lowest BCUT2D eigenvalue weighted by molar-refractivity contribution is 0.437. The summed E-state index contributed by atoms with van der Waals surface area (Å²) in [5.74, 6) is 1.68. The smallest absolute Gasteiger partial charge is 0.0225 e.